The van der Waals surface area contributed by atoms with Crippen molar-refractivity contribution in [1.29, 1.82) is 0 Å². The van der Waals surface area contributed by atoms with Gasteiger partial charge in [-0.1, -0.05) is 18.2 Å². The number of nitro benzene ring substituents is 1. The zero-order chi connectivity index (χ0) is 20.8. The second kappa shape index (κ2) is 9.05. The molecule has 9 heteroatoms. The van der Waals surface area contributed by atoms with E-state index in [0.717, 1.165) is 5.69 Å². The number of carboxylic acid groups (broad SMARTS) is 1. The highest BCUT2D eigenvalue weighted by Gasteiger charge is 2.24. The highest BCUT2D eigenvalue weighted by atomic mass is 16.6. The van der Waals surface area contributed by atoms with Crippen LogP contribution in [0.2, 0.25) is 0 Å². The molecule has 1 saturated heterocycles. The van der Waals surface area contributed by atoms with Crippen LogP contribution in [-0.2, 0) is 9.59 Å². The van der Waals surface area contributed by atoms with Crippen molar-refractivity contribution in [2.75, 3.05) is 49.1 Å². The molecule has 1 N–H and O–H groups in total. The van der Waals surface area contributed by atoms with Crippen molar-refractivity contribution in [2.24, 2.45) is 0 Å². The smallest absolute Gasteiger partial charge is 0.323 e. The Kier molecular flexibility index (Phi) is 6.28. The standard InChI is InChI=1S/C20H22N4O5/c25-19(14-23(15-20(26)27)16-4-2-1-3-5-16)22-12-10-21(11-13-22)17-6-8-18(9-7-17)24(28)29/h1-9H,10-15H2,(H,26,27). The summed E-state index contributed by atoms with van der Waals surface area (Å²) in [7, 11) is 0. The van der Waals surface area contributed by atoms with Crippen LogP contribution in [0.25, 0.3) is 0 Å². The summed E-state index contributed by atoms with van der Waals surface area (Å²) in [5.41, 5.74) is 1.61. The van der Waals surface area contributed by atoms with E-state index < -0.39 is 10.9 Å². The van der Waals surface area contributed by atoms with Gasteiger partial charge < -0.3 is 19.8 Å². The molecule has 0 unspecified atom stereocenters. The summed E-state index contributed by atoms with van der Waals surface area (Å²) in [6.45, 7) is 1.96. The summed E-state index contributed by atoms with van der Waals surface area (Å²) >= 11 is 0. The molecule has 0 aliphatic carbocycles. The molecule has 1 fully saturated rings. The summed E-state index contributed by atoms with van der Waals surface area (Å²) in [6.07, 6.45) is 0. The van der Waals surface area contributed by atoms with Gasteiger partial charge in [0.25, 0.3) is 5.69 Å². The lowest BCUT2D eigenvalue weighted by Gasteiger charge is -2.37. The van der Waals surface area contributed by atoms with Crippen LogP contribution in [0.15, 0.2) is 54.6 Å². The highest BCUT2D eigenvalue weighted by molar-refractivity contribution is 5.84. The predicted octanol–water partition coefficient (Wildman–Crippen LogP) is 1.83. The number of carbonyl (C=O) groups excluding carboxylic acids is 1. The van der Waals surface area contributed by atoms with Crippen molar-refractivity contribution in [3.63, 3.8) is 0 Å². The molecular formula is C20H22N4O5. The third-order valence-corrected chi connectivity index (χ3v) is 4.83. The fourth-order valence-electron chi connectivity index (χ4n) is 3.30. The van der Waals surface area contributed by atoms with E-state index in [1.807, 2.05) is 6.07 Å². The van der Waals surface area contributed by atoms with E-state index in [4.69, 9.17) is 5.11 Å². The van der Waals surface area contributed by atoms with Gasteiger partial charge in [-0.2, -0.15) is 0 Å². The van der Waals surface area contributed by atoms with Gasteiger partial charge in [0.2, 0.25) is 5.91 Å². The normalized spacial score (nSPS) is 13.8. The number of nitrogens with zero attached hydrogens (tertiary/aromatic N) is 4. The Hall–Kier alpha value is -3.62. The summed E-state index contributed by atoms with van der Waals surface area (Å²) in [5.74, 6) is -1.12. The summed E-state index contributed by atoms with van der Waals surface area (Å²) in [6, 6.07) is 15.4. The first kappa shape index (κ1) is 20.1. The molecular weight excluding hydrogens is 376 g/mol. The molecule has 0 atom stereocenters. The van der Waals surface area contributed by atoms with E-state index in [-0.39, 0.29) is 24.7 Å². The number of non-ortho nitro benzene ring substituents is 1. The van der Waals surface area contributed by atoms with Crippen molar-refractivity contribution in [2.45, 2.75) is 0 Å². The van der Waals surface area contributed by atoms with Crippen LogP contribution >= 0.6 is 0 Å². The minimum Gasteiger partial charge on any atom is -0.480 e. The average Bonchev–Trinajstić information content (AvgIpc) is 2.73. The number of anilines is 2. The van der Waals surface area contributed by atoms with Gasteiger partial charge in [-0.3, -0.25) is 19.7 Å². The van der Waals surface area contributed by atoms with E-state index in [1.165, 1.54) is 12.1 Å². The van der Waals surface area contributed by atoms with Gasteiger partial charge in [-0.05, 0) is 24.3 Å². The monoisotopic (exact) mass is 398 g/mol. The number of carboxylic acids is 1. The summed E-state index contributed by atoms with van der Waals surface area (Å²) < 4.78 is 0. The van der Waals surface area contributed by atoms with Crippen molar-refractivity contribution in [3.05, 3.63) is 64.7 Å². The van der Waals surface area contributed by atoms with Crippen molar-refractivity contribution >= 4 is 28.9 Å². The van der Waals surface area contributed by atoms with Crippen molar-refractivity contribution in [1.82, 2.24) is 4.90 Å². The molecule has 2 aromatic rings. The van der Waals surface area contributed by atoms with Crippen LogP contribution < -0.4 is 9.80 Å². The van der Waals surface area contributed by atoms with Gasteiger partial charge in [0.05, 0.1) is 11.5 Å². The number of piperazine rings is 1. The number of rotatable bonds is 7. The first-order valence-electron chi connectivity index (χ1n) is 9.23. The van der Waals surface area contributed by atoms with E-state index in [0.29, 0.717) is 31.9 Å². The molecule has 1 heterocycles. The second-order valence-electron chi connectivity index (χ2n) is 6.73. The highest BCUT2D eigenvalue weighted by Crippen LogP contribution is 2.21. The number of benzene rings is 2. The lowest BCUT2D eigenvalue weighted by Crippen LogP contribution is -2.51. The van der Waals surface area contributed by atoms with Gasteiger partial charge in [-0.15, -0.1) is 0 Å². The Bertz CT molecular complexity index is 864. The molecule has 29 heavy (non-hydrogen) atoms. The van der Waals surface area contributed by atoms with E-state index >= 15 is 0 Å². The van der Waals surface area contributed by atoms with Gasteiger partial charge in [0, 0.05) is 49.7 Å². The van der Waals surface area contributed by atoms with Gasteiger partial charge in [0.1, 0.15) is 6.54 Å². The molecule has 1 aliphatic heterocycles. The quantitative estimate of drug-likeness (QED) is 0.560. The fourth-order valence-corrected chi connectivity index (χ4v) is 3.30. The van der Waals surface area contributed by atoms with Crippen LogP contribution in [0.4, 0.5) is 17.1 Å². The Labute approximate surface area is 167 Å². The van der Waals surface area contributed by atoms with E-state index in [1.54, 1.807) is 46.2 Å². The third kappa shape index (κ3) is 5.22. The van der Waals surface area contributed by atoms with Crippen LogP contribution in [0.5, 0.6) is 0 Å². The van der Waals surface area contributed by atoms with Gasteiger partial charge in [-0.25, -0.2) is 0 Å². The zero-order valence-corrected chi connectivity index (χ0v) is 15.8. The molecule has 0 spiro atoms. The number of hydrogen-bond donors (Lipinski definition) is 1. The molecule has 1 aliphatic rings. The Morgan fingerprint density at radius 3 is 2.14 bits per heavy atom. The maximum atomic E-state index is 12.7. The maximum Gasteiger partial charge on any atom is 0.323 e. The average molecular weight is 398 g/mol. The first-order chi connectivity index (χ1) is 13.9. The minimum atomic E-state index is -0.996. The number of para-hydroxylation sites is 1. The lowest BCUT2D eigenvalue weighted by molar-refractivity contribution is -0.384. The Morgan fingerprint density at radius 2 is 1.59 bits per heavy atom. The molecule has 1 amide bonds. The lowest BCUT2D eigenvalue weighted by atomic mass is 10.2. The molecule has 0 aromatic heterocycles. The number of nitro groups is 1. The first-order valence-corrected chi connectivity index (χ1v) is 9.23. The van der Waals surface area contributed by atoms with E-state index in [9.17, 15) is 19.7 Å². The molecule has 0 saturated carbocycles. The predicted molar refractivity (Wildman–Crippen MR) is 108 cm³/mol. The summed E-state index contributed by atoms with van der Waals surface area (Å²) in [5, 5.41) is 19.9. The number of aliphatic carboxylic acids is 1. The number of amides is 1. The topological polar surface area (TPSA) is 107 Å². The van der Waals surface area contributed by atoms with Gasteiger partial charge >= 0.3 is 5.97 Å². The Morgan fingerprint density at radius 1 is 0.966 bits per heavy atom. The molecule has 9 nitrogen and oxygen atoms in total. The molecule has 3 rings (SSSR count). The number of carbonyl (C=O) groups is 2. The van der Waals surface area contributed by atoms with Crippen LogP contribution in [0.1, 0.15) is 0 Å². The summed E-state index contributed by atoms with van der Waals surface area (Å²) in [4.78, 5) is 39.6. The van der Waals surface area contributed by atoms with Gasteiger partial charge in [0.15, 0.2) is 0 Å². The third-order valence-electron chi connectivity index (χ3n) is 4.83. The minimum absolute atomic E-state index is 0.00611. The maximum absolute atomic E-state index is 12.7. The second-order valence-corrected chi connectivity index (χ2v) is 6.73. The van der Waals surface area contributed by atoms with Crippen LogP contribution in [-0.4, -0.2) is 66.1 Å². The van der Waals surface area contributed by atoms with Crippen molar-refractivity contribution < 1.29 is 19.6 Å². The van der Waals surface area contributed by atoms with Crippen LogP contribution in [0, 0.1) is 10.1 Å². The van der Waals surface area contributed by atoms with E-state index in [2.05, 4.69) is 4.90 Å². The molecule has 0 bridgehead atoms. The molecule has 152 valence electrons. The fraction of sp³-hybridized carbons (Fsp3) is 0.300. The molecule has 0 radical (unpaired) electrons. The van der Waals surface area contributed by atoms with Crippen LogP contribution in [0.3, 0.4) is 0 Å². The molecule has 2 aromatic carbocycles. The Balaban J connectivity index is 1.58. The van der Waals surface area contributed by atoms with Crippen molar-refractivity contribution in [3.8, 4) is 0 Å². The number of hydrogen-bond acceptors (Lipinski definition) is 6. The zero-order valence-electron chi connectivity index (χ0n) is 15.8. The SMILES string of the molecule is O=C(O)CN(CC(=O)N1CCN(c2ccc([N+](=O)[O-])cc2)CC1)c1ccccc1. The largest absolute Gasteiger partial charge is 0.480 e.